The van der Waals surface area contributed by atoms with E-state index in [1.54, 1.807) is 7.05 Å². The van der Waals surface area contributed by atoms with Gasteiger partial charge in [0.1, 0.15) is 5.84 Å². The number of nitrogens with zero attached hydrogens (tertiary/aromatic N) is 2. The number of aromatic amines is 1. The molecule has 2 aromatic rings. The van der Waals surface area contributed by atoms with E-state index >= 15 is 0 Å². The number of nitrogens with two attached hydrogens (primary N) is 1. The first kappa shape index (κ1) is 12.4. The third kappa shape index (κ3) is 2.45. The number of H-pyrrole nitrogens is 1. The highest BCUT2D eigenvalue weighted by atomic mass is 32.2. The lowest BCUT2D eigenvalue weighted by atomic mass is 10.1. The fourth-order valence-electron chi connectivity index (χ4n) is 1.51. The molecule has 6 nitrogen and oxygen atoms in total. The molecule has 0 aliphatic carbocycles. The lowest BCUT2D eigenvalue weighted by Crippen LogP contribution is -2.14. The van der Waals surface area contributed by atoms with Crippen molar-refractivity contribution in [1.82, 2.24) is 14.8 Å². The molecule has 0 spiro atoms. The summed E-state index contributed by atoms with van der Waals surface area (Å²) in [5.74, 6) is 0.649. The molecule has 0 fully saturated rings. The Morgan fingerprint density at radius 2 is 2.28 bits per heavy atom. The number of rotatable bonds is 4. The van der Waals surface area contributed by atoms with E-state index in [0.717, 1.165) is 5.56 Å². The Kier molecular flexibility index (Phi) is 3.52. The van der Waals surface area contributed by atoms with Crippen molar-refractivity contribution in [1.29, 1.82) is 5.41 Å². The smallest absolute Gasteiger partial charge is 0.343 e. The van der Waals surface area contributed by atoms with E-state index in [0.29, 0.717) is 16.5 Å². The van der Waals surface area contributed by atoms with Crippen molar-refractivity contribution in [2.45, 2.75) is 10.9 Å². The maximum Gasteiger partial charge on any atom is 0.343 e. The molecule has 7 heteroatoms. The van der Waals surface area contributed by atoms with Crippen molar-refractivity contribution >= 4 is 17.6 Å². The summed E-state index contributed by atoms with van der Waals surface area (Å²) in [4.78, 5) is 11.2. The molecule has 0 radical (unpaired) electrons. The first-order valence-electron chi connectivity index (χ1n) is 5.26. The minimum absolute atomic E-state index is 0.0436. The Morgan fingerprint density at radius 3 is 2.89 bits per heavy atom. The minimum atomic E-state index is -0.239. The van der Waals surface area contributed by atoms with Gasteiger partial charge in [-0.3, -0.25) is 9.98 Å². The van der Waals surface area contributed by atoms with Crippen LogP contribution in [0.15, 0.2) is 34.2 Å². The van der Waals surface area contributed by atoms with Gasteiger partial charge in [0.2, 0.25) is 0 Å². The van der Waals surface area contributed by atoms with Crippen LogP contribution >= 0.6 is 11.8 Å². The summed E-state index contributed by atoms with van der Waals surface area (Å²) in [5, 5.41) is 14.4. The third-order valence-electron chi connectivity index (χ3n) is 2.50. The van der Waals surface area contributed by atoms with Gasteiger partial charge in [0.15, 0.2) is 5.16 Å². The number of aromatic nitrogens is 3. The predicted octanol–water partition coefficient (Wildman–Crippen LogP) is 0.685. The largest absolute Gasteiger partial charge is 0.384 e. The van der Waals surface area contributed by atoms with Gasteiger partial charge in [-0.15, -0.1) is 5.10 Å². The summed E-state index contributed by atoms with van der Waals surface area (Å²) in [7, 11) is 1.66. The Labute approximate surface area is 108 Å². The molecule has 0 saturated heterocycles. The summed E-state index contributed by atoms with van der Waals surface area (Å²) in [5.41, 5.74) is 6.94. The molecule has 1 aromatic heterocycles. The van der Waals surface area contributed by atoms with Crippen LogP contribution in [0.4, 0.5) is 0 Å². The van der Waals surface area contributed by atoms with Crippen molar-refractivity contribution in [2.24, 2.45) is 12.8 Å². The van der Waals surface area contributed by atoms with Crippen LogP contribution in [0, 0.1) is 5.41 Å². The molecule has 1 aromatic carbocycles. The molecule has 0 unspecified atom stereocenters. The van der Waals surface area contributed by atoms with Gasteiger partial charge < -0.3 is 5.73 Å². The van der Waals surface area contributed by atoms with E-state index < -0.39 is 0 Å². The topological polar surface area (TPSA) is 101 Å². The molecule has 0 aliphatic rings. The zero-order valence-electron chi connectivity index (χ0n) is 9.80. The SMILES string of the molecule is Cn1c(SCc2ccccc2C(=N)N)n[nH]c1=O. The third-order valence-corrected chi connectivity index (χ3v) is 3.58. The summed E-state index contributed by atoms with van der Waals surface area (Å²) < 4.78 is 1.45. The summed E-state index contributed by atoms with van der Waals surface area (Å²) >= 11 is 1.42. The monoisotopic (exact) mass is 263 g/mol. The summed E-state index contributed by atoms with van der Waals surface area (Å²) in [6, 6.07) is 7.46. The van der Waals surface area contributed by atoms with E-state index in [-0.39, 0.29) is 11.5 Å². The van der Waals surface area contributed by atoms with E-state index in [9.17, 15) is 4.79 Å². The predicted molar refractivity (Wildman–Crippen MR) is 70.8 cm³/mol. The first-order chi connectivity index (χ1) is 8.59. The number of amidine groups is 1. The van der Waals surface area contributed by atoms with Gasteiger partial charge in [0, 0.05) is 18.4 Å². The summed E-state index contributed by atoms with van der Waals surface area (Å²) in [6.45, 7) is 0. The van der Waals surface area contributed by atoms with Crippen LogP contribution in [0.2, 0.25) is 0 Å². The van der Waals surface area contributed by atoms with E-state index in [1.165, 1.54) is 16.3 Å². The quantitative estimate of drug-likeness (QED) is 0.429. The number of thioether (sulfide) groups is 1. The lowest BCUT2D eigenvalue weighted by Gasteiger charge is -2.06. The lowest BCUT2D eigenvalue weighted by molar-refractivity contribution is 0.766. The number of benzene rings is 1. The second-order valence-corrected chi connectivity index (χ2v) is 4.67. The Morgan fingerprint density at radius 1 is 1.56 bits per heavy atom. The van der Waals surface area contributed by atoms with Crippen molar-refractivity contribution in [2.75, 3.05) is 0 Å². The van der Waals surface area contributed by atoms with Crippen LogP contribution in [-0.2, 0) is 12.8 Å². The van der Waals surface area contributed by atoms with Gasteiger partial charge in [-0.2, -0.15) is 0 Å². The van der Waals surface area contributed by atoms with Crippen LogP contribution in [0.1, 0.15) is 11.1 Å². The second-order valence-electron chi connectivity index (χ2n) is 3.73. The number of hydrogen-bond donors (Lipinski definition) is 3. The molecular weight excluding hydrogens is 250 g/mol. The van der Waals surface area contributed by atoms with Gasteiger partial charge in [0.05, 0.1) is 0 Å². The van der Waals surface area contributed by atoms with E-state index in [4.69, 9.17) is 11.1 Å². The standard InChI is InChI=1S/C11H13N5OS/c1-16-10(17)14-15-11(16)18-6-7-4-2-3-5-8(7)9(12)13/h2-5H,6H2,1H3,(H3,12,13)(H,14,17). The molecule has 0 amide bonds. The van der Waals surface area contributed by atoms with Crippen LogP contribution in [-0.4, -0.2) is 20.6 Å². The van der Waals surface area contributed by atoms with Gasteiger partial charge >= 0.3 is 5.69 Å². The molecule has 0 bridgehead atoms. The highest BCUT2D eigenvalue weighted by Crippen LogP contribution is 2.21. The number of nitrogen functional groups attached to an aromatic ring is 1. The second kappa shape index (κ2) is 5.09. The average molecular weight is 263 g/mol. The molecule has 0 aliphatic heterocycles. The van der Waals surface area contributed by atoms with Gasteiger partial charge in [-0.25, -0.2) is 9.89 Å². The zero-order chi connectivity index (χ0) is 13.1. The van der Waals surface area contributed by atoms with Crippen LogP contribution < -0.4 is 11.4 Å². The molecule has 0 atom stereocenters. The highest BCUT2D eigenvalue weighted by Gasteiger charge is 2.08. The molecule has 18 heavy (non-hydrogen) atoms. The van der Waals surface area contributed by atoms with Gasteiger partial charge in [0.25, 0.3) is 0 Å². The zero-order valence-corrected chi connectivity index (χ0v) is 10.6. The first-order valence-corrected chi connectivity index (χ1v) is 6.24. The molecule has 1 heterocycles. The van der Waals surface area contributed by atoms with E-state index in [1.807, 2.05) is 24.3 Å². The van der Waals surface area contributed by atoms with Crippen molar-refractivity contribution in [3.8, 4) is 0 Å². The highest BCUT2D eigenvalue weighted by molar-refractivity contribution is 7.98. The van der Waals surface area contributed by atoms with Crippen molar-refractivity contribution in [3.05, 3.63) is 45.9 Å². The fourth-order valence-corrected chi connectivity index (χ4v) is 2.44. The minimum Gasteiger partial charge on any atom is -0.384 e. The van der Waals surface area contributed by atoms with Gasteiger partial charge in [-0.1, -0.05) is 36.0 Å². The van der Waals surface area contributed by atoms with Crippen LogP contribution in [0.3, 0.4) is 0 Å². The normalized spacial score (nSPS) is 10.5. The Hall–Kier alpha value is -2.02. The van der Waals surface area contributed by atoms with Crippen LogP contribution in [0.5, 0.6) is 0 Å². The maximum atomic E-state index is 11.2. The van der Waals surface area contributed by atoms with E-state index in [2.05, 4.69) is 10.2 Å². The van der Waals surface area contributed by atoms with Crippen molar-refractivity contribution < 1.29 is 0 Å². The van der Waals surface area contributed by atoms with Crippen LogP contribution in [0.25, 0.3) is 0 Å². The average Bonchev–Trinajstić information content (AvgIpc) is 2.68. The van der Waals surface area contributed by atoms with Crippen molar-refractivity contribution in [3.63, 3.8) is 0 Å². The summed E-state index contributed by atoms with van der Waals surface area (Å²) in [6.07, 6.45) is 0. The number of hydrogen-bond acceptors (Lipinski definition) is 4. The number of nitrogens with one attached hydrogen (secondary N) is 2. The molecular formula is C11H13N5OS. The Balaban J connectivity index is 2.18. The molecule has 2 rings (SSSR count). The molecule has 4 N–H and O–H groups in total. The maximum absolute atomic E-state index is 11.2. The van der Waals surface area contributed by atoms with Gasteiger partial charge in [-0.05, 0) is 5.56 Å². The molecule has 94 valence electrons. The fraction of sp³-hybridized carbons (Fsp3) is 0.182. The Bertz CT molecular complexity index is 630. The molecule has 0 saturated carbocycles.